The van der Waals surface area contributed by atoms with Gasteiger partial charge < -0.3 is 19.6 Å². The lowest BCUT2D eigenvalue weighted by Crippen LogP contribution is -2.40. The van der Waals surface area contributed by atoms with Crippen LogP contribution in [-0.2, 0) is 14.3 Å². The summed E-state index contributed by atoms with van der Waals surface area (Å²) in [5.41, 5.74) is -0.488. The first-order chi connectivity index (χ1) is 9.30. The molecule has 1 saturated carbocycles. The summed E-state index contributed by atoms with van der Waals surface area (Å²) < 4.78 is 11.0. The number of hydrogen-bond acceptors (Lipinski definition) is 4. The predicted octanol–water partition coefficient (Wildman–Crippen LogP) is 2.67. The molecule has 0 aromatic rings. The van der Waals surface area contributed by atoms with Gasteiger partial charge in [0, 0.05) is 5.92 Å². The lowest BCUT2D eigenvalue weighted by atomic mass is 9.88. The molecule has 1 aliphatic carbocycles. The molecule has 5 heteroatoms. The van der Waals surface area contributed by atoms with Crippen LogP contribution in [0.4, 0.5) is 4.79 Å². The second kappa shape index (κ2) is 7.62. The third kappa shape index (κ3) is 6.89. The number of ether oxygens (including phenoxy) is 2. The molecule has 0 saturated heterocycles. The molecular weight excluding hydrogens is 258 g/mol. The van der Waals surface area contributed by atoms with Crippen LogP contribution in [0, 0.1) is 5.92 Å². The van der Waals surface area contributed by atoms with E-state index in [0.29, 0.717) is 6.61 Å². The molecule has 20 heavy (non-hydrogen) atoms. The van der Waals surface area contributed by atoms with Crippen molar-refractivity contribution in [3.8, 4) is 0 Å². The maximum Gasteiger partial charge on any atom is 0.407 e. The van der Waals surface area contributed by atoms with E-state index in [0.717, 1.165) is 32.0 Å². The summed E-state index contributed by atoms with van der Waals surface area (Å²) >= 11 is 0. The van der Waals surface area contributed by atoms with Crippen LogP contribution in [0.1, 0.15) is 53.4 Å². The van der Waals surface area contributed by atoms with Gasteiger partial charge in [-0.25, -0.2) is 4.79 Å². The van der Waals surface area contributed by atoms with Gasteiger partial charge in [-0.05, 0) is 53.4 Å². The van der Waals surface area contributed by atoms with Gasteiger partial charge in [0.2, 0.25) is 0 Å². The molecule has 0 unspecified atom stereocenters. The molecule has 1 aliphatic rings. The van der Waals surface area contributed by atoms with Crippen LogP contribution >= 0.6 is 0 Å². The maximum atomic E-state index is 11.6. The van der Waals surface area contributed by atoms with Crippen LogP contribution < -0.4 is 5.32 Å². The summed E-state index contributed by atoms with van der Waals surface area (Å²) in [6.07, 6.45) is 4.48. The van der Waals surface area contributed by atoms with Crippen LogP contribution in [0.25, 0.3) is 0 Å². The van der Waals surface area contributed by atoms with Crippen molar-refractivity contribution in [2.45, 2.75) is 71.1 Å². The highest BCUT2D eigenvalue weighted by molar-refractivity contribution is 5.68. The van der Waals surface area contributed by atoms with Crippen LogP contribution in [0.5, 0.6) is 0 Å². The summed E-state index contributed by atoms with van der Waals surface area (Å²) in [6.45, 7) is 7.86. The monoisotopic (exact) mass is 285 g/mol. The first-order valence-electron chi connectivity index (χ1n) is 7.36. The molecule has 5 nitrogen and oxygen atoms in total. The van der Waals surface area contributed by atoms with E-state index in [1.165, 1.54) is 0 Å². The second-order valence-electron chi connectivity index (χ2n) is 6.55. The fraction of sp³-hybridized carbons (Fsp3) is 0.867. The summed E-state index contributed by atoms with van der Waals surface area (Å²) in [5.74, 6) is 0.201. The van der Waals surface area contributed by atoms with E-state index in [1.54, 1.807) is 0 Å². The third-order valence-electron chi connectivity index (χ3n) is 3.26. The minimum atomic E-state index is -0.488. The molecule has 116 valence electrons. The van der Waals surface area contributed by atoms with Crippen molar-refractivity contribution >= 4 is 12.4 Å². The SMILES string of the molecule is C[C@H](COC1CCC(C=O)CC1)NC(=O)OC(C)(C)C. The predicted molar refractivity (Wildman–Crippen MR) is 76.6 cm³/mol. The maximum absolute atomic E-state index is 11.6. The minimum Gasteiger partial charge on any atom is -0.444 e. The lowest BCUT2D eigenvalue weighted by Gasteiger charge is -2.27. The normalized spacial score (nSPS) is 24.8. The van der Waals surface area contributed by atoms with Crippen LogP contribution in [-0.4, -0.2) is 36.7 Å². The number of carbonyl (C=O) groups is 2. The van der Waals surface area contributed by atoms with E-state index in [2.05, 4.69) is 5.32 Å². The number of nitrogens with one attached hydrogen (secondary N) is 1. The molecule has 1 atom stereocenters. The van der Waals surface area contributed by atoms with Gasteiger partial charge in [-0.3, -0.25) is 0 Å². The van der Waals surface area contributed by atoms with Crippen molar-refractivity contribution in [1.82, 2.24) is 5.32 Å². The molecule has 0 bridgehead atoms. The first-order valence-corrected chi connectivity index (χ1v) is 7.36. The highest BCUT2D eigenvalue weighted by Gasteiger charge is 2.22. The molecule has 0 radical (unpaired) electrons. The van der Waals surface area contributed by atoms with Crippen molar-refractivity contribution < 1.29 is 19.1 Å². The number of alkyl carbamates (subject to hydrolysis) is 1. The smallest absolute Gasteiger partial charge is 0.407 e. The van der Waals surface area contributed by atoms with Crippen LogP contribution in [0.3, 0.4) is 0 Å². The van der Waals surface area contributed by atoms with Gasteiger partial charge in [0.05, 0.1) is 18.8 Å². The summed E-state index contributed by atoms with van der Waals surface area (Å²) in [4.78, 5) is 22.2. The van der Waals surface area contributed by atoms with Crippen molar-refractivity contribution in [1.29, 1.82) is 0 Å². The molecule has 0 aromatic heterocycles. The Morgan fingerprint density at radius 2 is 1.90 bits per heavy atom. The van der Waals surface area contributed by atoms with Crippen molar-refractivity contribution in [2.24, 2.45) is 5.92 Å². The van der Waals surface area contributed by atoms with Gasteiger partial charge in [-0.2, -0.15) is 0 Å². The zero-order valence-corrected chi connectivity index (χ0v) is 13.0. The molecule has 0 aromatic carbocycles. The van der Waals surface area contributed by atoms with Crippen LogP contribution in [0.15, 0.2) is 0 Å². The quantitative estimate of drug-likeness (QED) is 0.789. The zero-order valence-electron chi connectivity index (χ0n) is 13.0. The first kappa shape index (κ1) is 17.0. The topological polar surface area (TPSA) is 64.6 Å². The standard InChI is InChI=1S/C15H27NO4/c1-11(16-14(18)20-15(2,3)4)10-19-13-7-5-12(9-17)6-8-13/h9,11-13H,5-8,10H2,1-4H3,(H,16,18)/t11-,12?,13?/m1/s1. The highest BCUT2D eigenvalue weighted by atomic mass is 16.6. The van der Waals surface area contributed by atoms with Gasteiger partial charge in [-0.15, -0.1) is 0 Å². The average molecular weight is 285 g/mol. The Kier molecular flexibility index (Phi) is 6.46. The Hall–Kier alpha value is -1.10. The molecule has 1 N–H and O–H groups in total. The van der Waals surface area contributed by atoms with Crippen molar-refractivity contribution in [3.63, 3.8) is 0 Å². The Bertz CT molecular complexity index is 316. The van der Waals surface area contributed by atoms with E-state index in [-0.39, 0.29) is 18.1 Å². The number of amides is 1. The van der Waals surface area contributed by atoms with Crippen LogP contribution in [0.2, 0.25) is 0 Å². The fourth-order valence-corrected chi connectivity index (χ4v) is 2.22. The molecule has 0 heterocycles. The van der Waals surface area contributed by atoms with E-state index in [9.17, 15) is 9.59 Å². The third-order valence-corrected chi connectivity index (χ3v) is 3.26. The Balaban J connectivity index is 2.18. The van der Waals surface area contributed by atoms with Crippen molar-refractivity contribution in [3.05, 3.63) is 0 Å². The minimum absolute atomic E-state index is 0.0892. The van der Waals surface area contributed by atoms with E-state index in [1.807, 2.05) is 27.7 Å². The molecule has 0 aliphatic heterocycles. The Labute approximate surface area is 121 Å². The van der Waals surface area contributed by atoms with Gasteiger partial charge in [-0.1, -0.05) is 0 Å². The molecule has 1 fully saturated rings. The van der Waals surface area contributed by atoms with Gasteiger partial charge >= 0.3 is 6.09 Å². The molecule has 1 amide bonds. The average Bonchev–Trinajstić information content (AvgIpc) is 2.34. The summed E-state index contributed by atoms with van der Waals surface area (Å²) in [6, 6.07) is -0.0892. The van der Waals surface area contributed by atoms with Gasteiger partial charge in [0.15, 0.2) is 0 Å². The van der Waals surface area contributed by atoms with E-state index in [4.69, 9.17) is 9.47 Å². The Morgan fingerprint density at radius 1 is 1.30 bits per heavy atom. The Morgan fingerprint density at radius 3 is 2.40 bits per heavy atom. The number of hydrogen-bond donors (Lipinski definition) is 1. The number of carbonyl (C=O) groups excluding carboxylic acids is 2. The summed E-state index contributed by atoms with van der Waals surface area (Å²) in [5, 5.41) is 2.75. The van der Waals surface area contributed by atoms with E-state index < -0.39 is 11.7 Å². The lowest BCUT2D eigenvalue weighted by molar-refractivity contribution is -0.112. The molecular formula is C15H27NO4. The van der Waals surface area contributed by atoms with Crippen molar-refractivity contribution in [2.75, 3.05) is 6.61 Å². The zero-order chi connectivity index (χ0) is 15.2. The largest absolute Gasteiger partial charge is 0.444 e. The van der Waals surface area contributed by atoms with Gasteiger partial charge in [0.25, 0.3) is 0 Å². The number of aldehydes is 1. The van der Waals surface area contributed by atoms with E-state index >= 15 is 0 Å². The molecule has 0 spiro atoms. The fourth-order valence-electron chi connectivity index (χ4n) is 2.22. The highest BCUT2D eigenvalue weighted by Crippen LogP contribution is 2.24. The second-order valence-corrected chi connectivity index (χ2v) is 6.55. The van der Waals surface area contributed by atoms with Gasteiger partial charge in [0.1, 0.15) is 11.9 Å². The summed E-state index contributed by atoms with van der Waals surface area (Å²) in [7, 11) is 0. The number of rotatable bonds is 5. The molecule has 1 rings (SSSR count).